The van der Waals surface area contributed by atoms with Gasteiger partial charge >= 0.3 is 5.97 Å². The number of nitrogens with zero attached hydrogens (tertiary/aromatic N) is 1. The molecule has 1 aromatic rings. The van der Waals surface area contributed by atoms with E-state index in [0.717, 1.165) is 5.75 Å². The van der Waals surface area contributed by atoms with Crippen molar-refractivity contribution in [3.63, 3.8) is 0 Å². The molecule has 0 aliphatic carbocycles. The van der Waals surface area contributed by atoms with Crippen molar-refractivity contribution in [3.8, 4) is 5.75 Å². The Balaban J connectivity index is 0.00000441. The minimum Gasteiger partial charge on any atom is -0.494 e. The van der Waals surface area contributed by atoms with E-state index in [1.165, 1.54) is 0 Å². The Morgan fingerprint density at radius 2 is 1.91 bits per heavy atom. The van der Waals surface area contributed by atoms with E-state index < -0.39 is 12.0 Å². The molecular weight excluding hydrogens is 308 g/mol. The maximum atomic E-state index is 12.1. The molecule has 0 fully saturated rings. The molecule has 124 valence electrons. The average molecular weight is 331 g/mol. The van der Waals surface area contributed by atoms with Gasteiger partial charge in [0.2, 0.25) is 5.91 Å². The Kier molecular flexibility index (Phi) is 9.21. The zero-order valence-electron chi connectivity index (χ0n) is 13.0. The number of rotatable bonds is 8. The Bertz CT molecular complexity index is 479. The third-order valence-corrected chi connectivity index (χ3v) is 3.15. The van der Waals surface area contributed by atoms with Crippen molar-refractivity contribution in [1.29, 1.82) is 0 Å². The van der Waals surface area contributed by atoms with E-state index >= 15 is 0 Å². The molecule has 0 saturated heterocycles. The Morgan fingerprint density at radius 3 is 2.41 bits per heavy atom. The lowest BCUT2D eigenvalue weighted by molar-refractivity contribution is -0.137. The number of carboxylic acid groups (broad SMARTS) is 1. The van der Waals surface area contributed by atoms with Gasteiger partial charge in [0.25, 0.3) is 0 Å². The van der Waals surface area contributed by atoms with Gasteiger partial charge in [-0.15, -0.1) is 12.4 Å². The molecule has 1 unspecified atom stereocenters. The molecule has 0 saturated carbocycles. The van der Waals surface area contributed by atoms with Crippen LogP contribution in [0.15, 0.2) is 24.3 Å². The number of nitrogens with one attached hydrogen (secondary N) is 1. The van der Waals surface area contributed by atoms with E-state index in [0.29, 0.717) is 18.8 Å². The van der Waals surface area contributed by atoms with Crippen molar-refractivity contribution in [1.82, 2.24) is 4.90 Å². The maximum absolute atomic E-state index is 12.1. The number of anilines is 1. The largest absolute Gasteiger partial charge is 0.494 e. The van der Waals surface area contributed by atoms with E-state index in [9.17, 15) is 9.59 Å². The summed E-state index contributed by atoms with van der Waals surface area (Å²) in [4.78, 5) is 24.3. The fourth-order valence-electron chi connectivity index (χ4n) is 1.71. The molecule has 0 spiro atoms. The second-order valence-electron chi connectivity index (χ2n) is 4.75. The minimum absolute atomic E-state index is 0. The molecule has 7 heteroatoms. The Morgan fingerprint density at radius 1 is 1.32 bits per heavy atom. The summed E-state index contributed by atoms with van der Waals surface area (Å²) in [6.07, 6.45) is 0.0111. The van der Waals surface area contributed by atoms with Crippen LogP contribution in [-0.4, -0.2) is 48.1 Å². The summed E-state index contributed by atoms with van der Waals surface area (Å²) in [7, 11) is 1.73. The molecule has 0 aliphatic rings. The summed E-state index contributed by atoms with van der Waals surface area (Å²) in [6, 6.07) is 6.71. The highest BCUT2D eigenvalue weighted by atomic mass is 35.5. The number of likely N-dealkylation sites (N-methyl/N-ethyl adjacent to an activating group) is 1. The molecule has 1 atom stereocenters. The molecular formula is C15H23ClN2O4. The smallest absolute Gasteiger partial charge is 0.304 e. The van der Waals surface area contributed by atoms with Gasteiger partial charge in [0.05, 0.1) is 19.1 Å². The van der Waals surface area contributed by atoms with Gasteiger partial charge in [-0.2, -0.15) is 0 Å². The van der Waals surface area contributed by atoms with Crippen LogP contribution < -0.4 is 10.1 Å². The first-order valence-corrected chi connectivity index (χ1v) is 6.89. The number of hydrogen-bond acceptors (Lipinski definition) is 4. The summed E-state index contributed by atoms with van der Waals surface area (Å²) in [5.74, 6) is -0.296. The molecule has 0 heterocycles. The van der Waals surface area contributed by atoms with Crippen LogP contribution in [0.4, 0.5) is 5.69 Å². The number of carbonyl (C=O) groups excluding carboxylic acids is 1. The highest BCUT2D eigenvalue weighted by Gasteiger charge is 2.18. The van der Waals surface area contributed by atoms with E-state index in [1.54, 1.807) is 43.1 Å². The first kappa shape index (κ1) is 20.2. The monoisotopic (exact) mass is 330 g/mol. The van der Waals surface area contributed by atoms with Crippen LogP contribution in [0.25, 0.3) is 0 Å². The summed E-state index contributed by atoms with van der Waals surface area (Å²) < 4.78 is 5.33. The topological polar surface area (TPSA) is 78.9 Å². The maximum Gasteiger partial charge on any atom is 0.304 e. The van der Waals surface area contributed by atoms with Gasteiger partial charge in [-0.05, 0) is 45.2 Å². The standard InChI is InChI=1S/C15H22N2O4.ClH/c1-4-21-13-7-5-12(6-8-13)16-15(20)11(2)17(3)10-9-14(18)19;/h5-8,11H,4,9-10H2,1-3H3,(H,16,20)(H,18,19);1H. The number of carbonyl (C=O) groups is 2. The van der Waals surface area contributed by atoms with Gasteiger partial charge in [0.1, 0.15) is 5.75 Å². The third-order valence-electron chi connectivity index (χ3n) is 3.15. The average Bonchev–Trinajstić information content (AvgIpc) is 2.46. The van der Waals surface area contributed by atoms with Crippen LogP contribution in [0.5, 0.6) is 5.75 Å². The third kappa shape index (κ3) is 6.78. The Hall–Kier alpha value is -1.79. The molecule has 0 aliphatic heterocycles. The predicted molar refractivity (Wildman–Crippen MR) is 87.8 cm³/mol. The zero-order valence-corrected chi connectivity index (χ0v) is 13.9. The molecule has 1 rings (SSSR count). The number of benzene rings is 1. The van der Waals surface area contributed by atoms with Crippen molar-refractivity contribution in [2.24, 2.45) is 0 Å². The lowest BCUT2D eigenvalue weighted by Gasteiger charge is -2.23. The van der Waals surface area contributed by atoms with Crippen molar-refractivity contribution in [2.45, 2.75) is 26.3 Å². The second-order valence-corrected chi connectivity index (χ2v) is 4.75. The summed E-state index contributed by atoms with van der Waals surface area (Å²) >= 11 is 0. The van der Waals surface area contributed by atoms with Gasteiger partial charge in [0, 0.05) is 12.2 Å². The van der Waals surface area contributed by atoms with Gasteiger partial charge < -0.3 is 15.2 Å². The molecule has 6 nitrogen and oxygen atoms in total. The summed E-state index contributed by atoms with van der Waals surface area (Å²) in [5.41, 5.74) is 0.682. The quantitative estimate of drug-likeness (QED) is 0.764. The fraction of sp³-hybridized carbons (Fsp3) is 0.467. The SMILES string of the molecule is CCOc1ccc(NC(=O)C(C)N(C)CCC(=O)O)cc1.Cl. The fourth-order valence-corrected chi connectivity index (χ4v) is 1.71. The van der Waals surface area contributed by atoms with Crippen molar-refractivity contribution >= 4 is 30.0 Å². The summed E-state index contributed by atoms with van der Waals surface area (Å²) in [5, 5.41) is 11.4. The first-order valence-electron chi connectivity index (χ1n) is 6.89. The van der Waals surface area contributed by atoms with Crippen LogP contribution in [0, 0.1) is 0 Å². The normalized spacial score (nSPS) is 11.5. The van der Waals surface area contributed by atoms with E-state index in [1.807, 2.05) is 6.92 Å². The van der Waals surface area contributed by atoms with Gasteiger partial charge in [-0.1, -0.05) is 0 Å². The summed E-state index contributed by atoms with van der Waals surface area (Å²) in [6.45, 7) is 4.57. The van der Waals surface area contributed by atoms with Crippen LogP contribution in [0.2, 0.25) is 0 Å². The first-order chi connectivity index (χ1) is 9.93. The molecule has 2 N–H and O–H groups in total. The van der Waals surface area contributed by atoms with Crippen LogP contribution in [0.1, 0.15) is 20.3 Å². The van der Waals surface area contributed by atoms with Crippen LogP contribution in [-0.2, 0) is 9.59 Å². The highest BCUT2D eigenvalue weighted by molar-refractivity contribution is 5.94. The predicted octanol–water partition coefficient (Wildman–Crippen LogP) is 2.24. The van der Waals surface area contributed by atoms with Gasteiger partial charge in [-0.25, -0.2) is 0 Å². The second kappa shape index (κ2) is 10.0. The molecule has 1 amide bonds. The van der Waals surface area contributed by atoms with Crippen molar-refractivity contribution < 1.29 is 19.4 Å². The highest BCUT2D eigenvalue weighted by Crippen LogP contribution is 2.16. The molecule has 22 heavy (non-hydrogen) atoms. The molecule has 0 radical (unpaired) electrons. The van der Waals surface area contributed by atoms with Crippen molar-refractivity contribution in [2.75, 3.05) is 25.5 Å². The number of aliphatic carboxylic acids is 1. The number of halogens is 1. The molecule has 0 aromatic heterocycles. The number of amides is 1. The van der Waals surface area contributed by atoms with E-state index in [2.05, 4.69) is 5.32 Å². The van der Waals surface area contributed by atoms with E-state index in [4.69, 9.17) is 9.84 Å². The lowest BCUT2D eigenvalue weighted by atomic mass is 10.2. The van der Waals surface area contributed by atoms with E-state index in [-0.39, 0.29) is 24.7 Å². The van der Waals surface area contributed by atoms with Gasteiger partial charge in [0.15, 0.2) is 0 Å². The number of carboxylic acids is 1. The number of ether oxygens (including phenoxy) is 1. The molecule has 1 aromatic carbocycles. The molecule has 0 bridgehead atoms. The van der Waals surface area contributed by atoms with Gasteiger partial charge in [-0.3, -0.25) is 14.5 Å². The Labute approximate surface area is 136 Å². The zero-order chi connectivity index (χ0) is 15.8. The lowest BCUT2D eigenvalue weighted by Crippen LogP contribution is -2.40. The van der Waals surface area contributed by atoms with Crippen molar-refractivity contribution in [3.05, 3.63) is 24.3 Å². The van der Waals surface area contributed by atoms with Crippen LogP contribution in [0.3, 0.4) is 0 Å². The minimum atomic E-state index is -0.874. The van der Waals surface area contributed by atoms with Crippen LogP contribution >= 0.6 is 12.4 Å². The number of hydrogen-bond donors (Lipinski definition) is 2.